The van der Waals surface area contributed by atoms with Crippen LogP contribution in [0.15, 0.2) is 18.2 Å². The zero-order chi connectivity index (χ0) is 16.7. The predicted molar refractivity (Wildman–Crippen MR) is 87.5 cm³/mol. The molecule has 0 spiro atoms. The zero-order valence-electron chi connectivity index (χ0n) is 14.3. The van der Waals surface area contributed by atoms with Crippen LogP contribution in [0, 0.1) is 5.82 Å². The van der Waals surface area contributed by atoms with Gasteiger partial charge in [-0.2, -0.15) is 0 Å². The van der Waals surface area contributed by atoms with Gasteiger partial charge in [0, 0.05) is 19.0 Å². The molecule has 0 saturated carbocycles. The lowest BCUT2D eigenvalue weighted by atomic mass is 10.1. The highest BCUT2D eigenvalue weighted by Crippen LogP contribution is 2.17. The largest absolute Gasteiger partial charge is 0.492 e. The lowest BCUT2D eigenvalue weighted by Crippen LogP contribution is -2.16. The lowest BCUT2D eigenvalue weighted by Gasteiger charge is -2.08. The molecule has 0 aliphatic rings. The summed E-state index contributed by atoms with van der Waals surface area (Å²) in [6, 6.07) is 4.57. The molecule has 0 aromatic heterocycles. The van der Waals surface area contributed by atoms with E-state index in [0.717, 1.165) is 5.56 Å². The van der Waals surface area contributed by atoms with Crippen molar-refractivity contribution in [3.8, 4) is 5.75 Å². The Morgan fingerprint density at radius 1 is 1.19 bits per heavy atom. The molecule has 0 amide bonds. The fourth-order valence-corrected chi connectivity index (χ4v) is 1.44. The van der Waals surface area contributed by atoms with Crippen molar-refractivity contribution in [2.75, 3.05) is 20.2 Å². The number of nitrogens with one attached hydrogen (secondary N) is 1. The summed E-state index contributed by atoms with van der Waals surface area (Å²) >= 11 is 0. The molecule has 1 aromatic rings. The van der Waals surface area contributed by atoms with Crippen molar-refractivity contribution in [2.45, 2.75) is 47.5 Å². The monoisotopic (exact) mass is 299 g/mol. The quantitative estimate of drug-likeness (QED) is 0.773. The van der Waals surface area contributed by atoms with E-state index in [1.807, 2.05) is 34.7 Å². The molecule has 21 heavy (non-hydrogen) atoms. The molecule has 0 atom stereocenters. The minimum atomic E-state index is -0.328. The molecule has 0 radical (unpaired) electrons. The lowest BCUT2D eigenvalue weighted by molar-refractivity contribution is -0.116. The normalized spacial score (nSPS) is 8.90. The number of ether oxygens (including phenoxy) is 1. The third kappa shape index (κ3) is 12.1. The molecule has 1 rings (SSSR count). The van der Waals surface area contributed by atoms with Gasteiger partial charge in [0.05, 0.1) is 0 Å². The van der Waals surface area contributed by atoms with Gasteiger partial charge in [-0.25, -0.2) is 4.39 Å². The van der Waals surface area contributed by atoms with Crippen molar-refractivity contribution < 1.29 is 13.9 Å². The van der Waals surface area contributed by atoms with Crippen molar-refractivity contribution in [1.82, 2.24) is 5.32 Å². The van der Waals surface area contributed by atoms with Gasteiger partial charge in [0.25, 0.3) is 0 Å². The zero-order valence-corrected chi connectivity index (χ0v) is 14.3. The summed E-state index contributed by atoms with van der Waals surface area (Å²) in [5, 5.41) is 2.94. The van der Waals surface area contributed by atoms with Crippen LogP contribution in [0.25, 0.3) is 0 Å². The first kappa shape index (κ1) is 21.9. The van der Waals surface area contributed by atoms with Crippen LogP contribution in [-0.4, -0.2) is 26.0 Å². The van der Waals surface area contributed by atoms with Gasteiger partial charge in [-0.1, -0.05) is 27.7 Å². The smallest absolute Gasteiger partial charge is 0.130 e. The SMILES string of the molecule is CC.CC.CNCCOc1cc(F)cc(CCC(C)=O)c1. The third-order valence-corrected chi connectivity index (χ3v) is 2.32. The maximum absolute atomic E-state index is 13.3. The number of ketones is 1. The second-order valence-electron chi connectivity index (χ2n) is 3.95. The number of carbonyl (C=O) groups excluding carboxylic acids is 1. The van der Waals surface area contributed by atoms with Crippen LogP contribution >= 0.6 is 0 Å². The number of carbonyl (C=O) groups is 1. The first-order chi connectivity index (χ1) is 10.1. The highest BCUT2D eigenvalue weighted by molar-refractivity contribution is 5.75. The van der Waals surface area contributed by atoms with Gasteiger partial charge >= 0.3 is 0 Å². The van der Waals surface area contributed by atoms with E-state index < -0.39 is 0 Å². The van der Waals surface area contributed by atoms with E-state index in [1.54, 1.807) is 6.07 Å². The molecule has 4 heteroatoms. The number of hydrogen-bond acceptors (Lipinski definition) is 3. The van der Waals surface area contributed by atoms with Gasteiger partial charge in [0.15, 0.2) is 0 Å². The molecule has 0 aliphatic carbocycles. The van der Waals surface area contributed by atoms with Crippen LogP contribution in [0.4, 0.5) is 4.39 Å². The number of hydrogen-bond donors (Lipinski definition) is 1. The fourth-order valence-electron chi connectivity index (χ4n) is 1.44. The number of benzene rings is 1. The van der Waals surface area contributed by atoms with Gasteiger partial charge in [0.2, 0.25) is 0 Å². The second-order valence-corrected chi connectivity index (χ2v) is 3.95. The molecule has 0 fully saturated rings. The van der Waals surface area contributed by atoms with Gasteiger partial charge in [-0.05, 0) is 38.1 Å². The molecule has 0 unspecified atom stereocenters. The van der Waals surface area contributed by atoms with Crippen LogP contribution in [0.1, 0.15) is 46.6 Å². The summed E-state index contributed by atoms with van der Waals surface area (Å²) in [5.74, 6) is 0.288. The molecular formula is C17H30FNO2. The van der Waals surface area contributed by atoms with E-state index in [4.69, 9.17) is 4.74 Å². The first-order valence-corrected chi connectivity index (χ1v) is 7.68. The molecule has 0 aliphatic heterocycles. The minimum absolute atomic E-state index is 0.104. The highest BCUT2D eigenvalue weighted by Gasteiger charge is 2.03. The Balaban J connectivity index is 0. The molecular weight excluding hydrogens is 269 g/mol. The van der Waals surface area contributed by atoms with Gasteiger partial charge < -0.3 is 14.8 Å². The van der Waals surface area contributed by atoms with Crippen molar-refractivity contribution >= 4 is 5.78 Å². The topological polar surface area (TPSA) is 38.3 Å². The van der Waals surface area contributed by atoms with E-state index in [1.165, 1.54) is 19.1 Å². The molecule has 3 nitrogen and oxygen atoms in total. The summed E-state index contributed by atoms with van der Waals surface area (Å²) < 4.78 is 18.7. The van der Waals surface area contributed by atoms with Gasteiger partial charge in [-0.15, -0.1) is 0 Å². The molecule has 1 aromatic carbocycles. The number of aryl methyl sites for hydroxylation is 1. The highest BCUT2D eigenvalue weighted by atomic mass is 19.1. The average Bonchev–Trinajstić information content (AvgIpc) is 2.49. The van der Waals surface area contributed by atoms with E-state index in [9.17, 15) is 9.18 Å². The first-order valence-electron chi connectivity index (χ1n) is 7.68. The van der Waals surface area contributed by atoms with E-state index in [-0.39, 0.29) is 11.6 Å². The molecule has 1 N–H and O–H groups in total. The Hall–Kier alpha value is -1.42. The Kier molecular flexibility index (Phi) is 15.6. The summed E-state index contributed by atoms with van der Waals surface area (Å²) in [5.41, 5.74) is 0.791. The maximum Gasteiger partial charge on any atom is 0.130 e. The molecule has 0 bridgehead atoms. The molecule has 0 heterocycles. The third-order valence-electron chi connectivity index (χ3n) is 2.32. The number of Topliss-reactive ketones (excluding diaryl/α,β-unsaturated/α-hetero) is 1. The predicted octanol–water partition coefficient (Wildman–Crippen LogP) is 4.00. The number of rotatable bonds is 7. The number of halogens is 1. The minimum Gasteiger partial charge on any atom is -0.492 e. The summed E-state index contributed by atoms with van der Waals surface area (Å²) in [4.78, 5) is 10.9. The Morgan fingerprint density at radius 3 is 2.33 bits per heavy atom. The second kappa shape index (κ2) is 15.0. The summed E-state index contributed by atoms with van der Waals surface area (Å²) in [6.45, 7) is 10.7. The fraction of sp³-hybridized carbons (Fsp3) is 0.588. The van der Waals surface area contributed by atoms with Crippen molar-refractivity contribution in [3.63, 3.8) is 0 Å². The van der Waals surface area contributed by atoms with Crippen LogP contribution in [-0.2, 0) is 11.2 Å². The van der Waals surface area contributed by atoms with Crippen molar-refractivity contribution in [2.24, 2.45) is 0 Å². The summed E-state index contributed by atoms with van der Waals surface area (Å²) in [7, 11) is 1.83. The van der Waals surface area contributed by atoms with Crippen molar-refractivity contribution in [1.29, 1.82) is 0 Å². The van der Waals surface area contributed by atoms with E-state index >= 15 is 0 Å². The van der Waals surface area contributed by atoms with Crippen LogP contribution in [0.3, 0.4) is 0 Å². The van der Waals surface area contributed by atoms with E-state index in [0.29, 0.717) is 31.7 Å². The van der Waals surface area contributed by atoms with E-state index in [2.05, 4.69) is 5.32 Å². The van der Waals surface area contributed by atoms with Crippen LogP contribution in [0.2, 0.25) is 0 Å². The average molecular weight is 299 g/mol. The van der Waals surface area contributed by atoms with Crippen LogP contribution < -0.4 is 10.1 Å². The molecule has 122 valence electrons. The van der Waals surface area contributed by atoms with Crippen molar-refractivity contribution in [3.05, 3.63) is 29.6 Å². The Morgan fingerprint density at radius 2 is 1.81 bits per heavy atom. The molecule has 0 saturated heterocycles. The Bertz CT molecular complexity index is 381. The Labute approximate surface area is 128 Å². The van der Waals surface area contributed by atoms with Gasteiger partial charge in [-0.3, -0.25) is 0 Å². The van der Waals surface area contributed by atoms with Crippen LogP contribution in [0.5, 0.6) is 5.75 Å². The summed E-state index contributed by atoms with van der Waals surface area (Å²) in [6.07, 6.45) is 0.981. The maximum atomic E-state index is 13.3. The van der Waals surface area contributed by atoms with Gasteiger partial charge in [0.1, 0.15) is 24.0 Å². The standard InChI is InChI=1S/C13H18FNO2.2C2H6/c1-10(16)3-4-11-7-12(14)9-13(8-11)17-6-5-15-2;2*1-2/h7-9,15H,3-6H2,1-2H3;2*1-2H3. The number of likely N-dealkylation sites (N-methyl/N-ethyl adjacent to an activating group) is 1.